The lowest BCUT2D eigenvalue weighted by atomic mass is 9.72. The zero-order valence-corrected chi connectivity index (χ0v) is 28.4. The molecule has 9 nitrogen and oxygen atoms in total. The number of phenols is 1. The Morgan fingerprint density at radius 3 is 2.24 bits per heavy atom. The van der Waals surface area contributed by atoms with Gasteiger partial charge in [-0.1, -0.05) is 25.1 Å². The van der Waals surface area contributed by atoms with Crippen LogP contribution in [0.1, 0.15) is 77.6 Å². The maximum atomic E-state index is 13.1. The van der Waals surface area contributed by atoms with Crippen LogP contribution in [-0.4, -0.2) is 84.5 Å². The van der Waals surface area contributed by atoms with E-state index in [4.69, 9.17) is 0 Å². The fourth-order valence-electron chi connectivity index (χ4n) is 9.05. The van der Waals surface area contributed by atoms with Crippen LogP contribution >= 0.6 is 0 Å². The molecule has 0 radical (unpaired) electrons. The summed E-state index contributed by atoms with van der Waals surface area (Å²) in [6.07, 6.45) is 5.26. The van der Waals surface area contributed by atoms with Gasteiger partial charge in [-0.2, -0.15) is 0 Å². The molecule has 0 unspecified atom stereocenters. The van der Waals surface area contributed by atoms with Crippen molar-refractivity contribution in [3.8, 4) is 5.75 Å². The summed E-state index contributed by atoms with van der Waals surface area (Å²) in [5.41, 5.74) is 8.12. The second-order valence-electron chi connectivity index (χ2n) is 14.9. The molecular formula is C40H47N5O4. The Morgan fingerprint density at radius 2 is 1.49 bits per heavy atom. The van der Waals surface area contributed by atoms with Gasteiger partial charge in [0.25, 0.3) is 5.91 Å². The van der Waals surface area contributed by atoms with Gasteiger partial charge in [0, 0.05) is 81.6 Å². The molecule has 5 aliphatic rings. The van der Waals surface area contributed by atoms with Crippen molar-refractivity contribution in [3.63, 3.8) is 0 Å². The molecule has 0 bridgehead atoms. The van der Waals surface area contributed by atoms with Gasteiger partial charge in [0.05, 0.1) is 0 Å². The van der Waals surface area contributed by atoms with E-state index in [1.807, 2.05) is 24.3 Å². The number of piperidine rings is 2. The van der Waals surface area contributed by atoms with E-state index in [2.05, 4.69) is 63.3 Å². The number of phenolic OH excluding ortho intramolecular Hbond substituents is 1. The van der Waals surface area contributed by atoms with Crippen molar-refractivity contribution < 1.29 is 19.5 Å². The minimum atomic E-state index is -0.580. The van der Waals surface area contributed by atoms with Crippen LogP contribution in [0, 0.1) is 11.8 Å². The van der Waals surface area contributed by atoms with Crippen LogP contribution in [0.4, 0.5) is 11.4 Å². The molecule has 9 heteroatoms. The minimum Gasteiger partial charge on any atom is -0.508 e. The van der Waals surface area contributed by atoms with Crippen molar-refractivity contribution >= 4 is 29.1 Å². The molecule has 4 heterocycles. The number of aryl methyl sites for hydroxylation is 1. The number of aromatic hydroxyl groups is 1. The molecule has 256 valence electrons. The molecule has 3 atom stereocenters. The standard InChI is InChI=1S/C40H47N5O4/c1-26-2-3-29-23-33(46)9-11-34(29)38(26)28-4-6-31(7-5-28)43-16-14-27(15-17-43)24-42-18-20-44(21-19-42)32-8-10-35-30(22-32)25-45(40(35)49)36-12-13-37(47)41-39(36)48/h4-11,22-23,26-27,36,38,46H,2-3,12-21,24-25H2,1H3,(H,41,47,48)/t26-,36-,38+/m0/s1. The van der Waals surface area contributed by atoms with Gasteiger partial charge in [-0.25, -0.2) is 0 Å². The highest BCUT2D eigenvalue weighted by molar-refractivity contribution is 6.05. The maximum Gasteiger partial charge on any atom is 0.255 e. The van der Waals surface area contributed by atoms with E-state index in [0.717, 1.165) is 69.9 Å². The van der Waals surface area contributed by atoms with Crippen LogP contribution in [0.15, 0.2) is 60.7 Å². The number of nitrogens with one attached hydrogen (secondary N) is 1. The third-order valence-electron chi connectivity index (χ3n) is 11.9. The highest BCUT2D eigenvalue weighted by Crippen LogP contribution is 2.42. The average Bonchev–Trinajstić information content (AvgIpc) is 3.44. The van der Waals surface area contributed by atoms with Gasteiger partial charge < -0.3 is 19.8 Å². The topological polar surface area (TPSA) is 96.4 Å². The number of carbonyl (C=O) groups is 3. The summed E-state index contributed by atoms with van der Waals surface area (Å²) in [6.45, 7) is 10.1. The highest BCUT2D eigenvalue weighted by Gasteiger charge is 2.39. The first-order valence-electron chi connectivity index (χ1n) is 18.2. The van der Waals surface area contributed by atoms with Crippen LogP contribution in [0.25, 0.3) is 0 Å². The molecule has 3 aromatic carbocycles. The number of piperazine rings is 1. The summed E-state index contributed by atoms with van der Waals surface area (Å²) >= 11 is 0. The van der Waals surface area contributed by atoms with Crippen molar-refractivity contribution in [1.29, 1.82) is 0 Å². The van der Waals surface area contributed by atoms with Gasteiger partial charge in [0.1, 0.15) is 11.8 Å². The number of carbonyl (C=O) groups excluding carboxylic acids is 3. The second kappa shape index (κ2) is 13.2. The summed E-state index contributed by atoms with van der Waals surface area (Å²) in [6, 6.07) is 20.7. The predicted molar refractivity (Wildman–Crippen MR) is 190 cm³/mol. The number of amides is 3. The van der Waals surface area contributed by atoms with E-state index in [1.54, 1.807) is 4.90 Å². The van der Waals surface area contributed by atoms with Gasteiger partial charge in [-0.15, -0.1) is 0 Å². The van der Waals surface area contributed by atoms with Gasteiger partial charge in [0.15, 0.2) is 0 Å². The van der Waals surface area contributed by atoms with Gasteiger partial charge in [0.2, 0.25) is 11.8 Å². The van der Waals surface area contributed by atoms with Crippen molar-refractivity contribution in [3.05, 3.63) is 88.5 Å². The minimum absolute atomic E-state index is 0.119. The number of rotatable bonds is 6. The molecule has 3 amide bonds. The van der Waals surface area contributed by atoms with Crippen LogP contribution in [0.2, 0.25) is 0 Å². The van der Waals surface area contributed by atoms with E-state index in [0.29, 0.717) is 42.0 Å². The fraction of sp³-hybridized carbons (Fsp3) is 0.475. The third-order valence-corrected chi connectivity index (χ3v) is 11.9. The number of imide groups is 1. The zero-order valence-electron chi connectivity index (χ0n) is 28.4. The Kier molecular flexibility index (Phi) is 8.56. The normalized spacial score (nSPS) is 25.0. The molecule has 8 rings (SSSR count). The van der Waals surface area contributed by atoms with Gasteiger partial charge in [-0.05, 0) is 109 Å². The SMILES string of the molecule is C[C@H]1CCc2cc(O)ccc2[C@H]1c1ccc(N2CCC(CN3CCN(c4ccc5c(c4)CN([C@H]4CCC(=O)NC4=O)C5=O)CC3)CC2)cc1. The lowest BCUT2D eigenvalue weighted by Crippen LogP contribution is -2.52. The van der Waals surface area contributed by atoms with E-state index in [1.165, 1.54) is 35.2 Å². The van der Waals surface area contributed by atoms with Crippen molar-refractivity contribution in [2.24, 2.45) is 11.8 Å². The molecule has 4 aliphatic heterocycles. The molecule has 1 aliphatic carbocycles. The molecule has 3 aromatic rings. The summed E-state index contributed by atoms with van der Waals surface area (Å²) < 4.78 is 0. The van der Waals surface area contributed by atoms with Crippen LogP contribution in [0.3, 0.4) is 0 Å². The van der Waals surface area contributed by atoms with Crippen molar-refractivity contribution in [1.82, 2.24) is 15.1 Å². The first-order chi connectivity index (χ1) is 23.8. The van der Waals surface area contributed by atoms with Gasteiger partial charge >= 0.3 is 0 Å². The Bertz CT molecular complexity index is 1740. The maximum absolute atomic E-state index is 13.1. The molecule has 0 aromatic heterocycles. The Labute approximate surface area is 288 Å². The Balaban J connectivity index is 0.816. The van der Waals surface area contributed by atoms with Gasteiger partial charge in [-0.3, -0.25) is 24.6 Å². The molecule has 0 spiro atoms. The van der Waals surface area contributed by atoms with Crippen LogP contribution in [0.5, 0.6) is 5.75 Å². The predicted octanol–water partition coefficient (Wildman–Crippen LogP) is 4.91. The van der Waals surface area contributed by atoms with Crippen molar-refractivity contribution in [2.45, 2.75) is 64.0 Å². The van der Waals surface area contributed by atoms with E-state index < -0.39 is 6.04 Å². The Morgan fingerprint density at radius 1 is 0.755 bits per heavy atom. The summed E-state index contributed by atoms with van der Waals surface area (Å²) in [5.74, 6) is 1.29. The molecular weight excluding hydrogens is 614 g/mol. The second-order valence-corrected chi connectivity index (χ2v) is 14.9. The quantitative estimate of drug-likeness (QED) is 0.363. The molecule has 3 saturated heterocycles. The first kappa shape index (κ1) is 31.9. The smallest absolute Gasteiger partial charge is 0.255 e. The van der Waals surface area contributed by atoms with E-state index >= 15 is 0 Å². The van der Waals surface area contributed by atoms with Crippen molar-refractivity contribution in [2.75, 3.05) is 55.6 Å². The highest BCUT2D eigenvalue weighted by atomic mass is 16.3. The number of nitrogens with zero attached hydrogens (tertiary/aromatic N) is 4. The number of anilines is 2. The third kappa shape index (κ3) is 6.29. The summed E-state index contributed by atoms with van der Waals surface area (Å²) in [7, 11) is 0. The Hall–Kier alpha value is -4.37. The molecule has 3 fully saturated rings. The largest absolute Gasteiger partial charge is 0.508 e. The molecule has 2 N–H and O–H groups in total. The lowest BCUT2D eigenvalue weighted by molar-refractivity contribution is -0.136. The zero-order chi connectivity index (χ0) is 33.6. The summed E-state index contributed by atoms with van der Waals surface area (Å²) in [4.78, 5) is 46.3. The average molecular weight is 662 g/mol. The number of fused-ring (bicyclic) bond motifs is 2. The monoisotopic (exact) mass is 661 g/mol. The number of hydrogen-bond donors (Lipinski definition) is 2. The lowest BCUT2D eigenvalue weighted by Gasteiger charge is -2.40. The molecule has 0 saturated carbocycles. The molecule has 49 heavy (non-hydrogen) atoms. The van der Waals surface area contributed by atoms with E-state index in [9.17, 15) is 19.5 Å². The number of hydrogen-bond acceptors (Lipinski definition) is 7. The van der Waals surface area contributed by atoms with Crippen LogP contribution < -0.4 is 15.1 Å². The fourth-order valence-corrected chi connectivity index (χ4v) is 9.05. The number of benzene rings is 3. The first-order valence-corrected chi connectivity index (χ1v) is 18.2. The van der Waals surface area contributed by atoms with Crippen LogP contribution in [-0.2, 0) is 22.6 Å². The van der Waals surface area contributed by atoms with E-state index in [-0.39, 0.29) is 24.1 Å². The summed E-state index contributed by atoms with van der Waals surface area (Å²) in [5, 5.41) is 12.4.